The molecule has 0 saturated carbocycles. The monoisotopic (exact) mass is 385 g/mol. The molecule has 4 aromatic rings. The number of benzene rings is 3. The van der Waals surface area contributed by atoms with E-state index in [2.05, 4.69) is 5.32 Å². The molecule has 1 heterocycles. The Balaban J connectivity index is 1.72. The van der Waals surface area contributed by atoms with Crippen molar-refractivity contribution in [2.75, 3.05) is 12.4 Å². The molecule has 3 aromatic carbocycles. The van der Waals surface area contributed by atoms with Crippen LogP contribution in [0.15, 0.2) is 72.8 Å². The summed E-state index contributed by atoms with van der Waals surface area (Å²) in [5.74, 6) is 3.07. The zero-order valence-electron chi connectivity index (χ0n) is 16.7. The molecule has 0 aliphatic rings. The molecule has 0 atom stereocenters. The van der Waals surface area contributed by atoms with E-state index >= 15 is 0 Å². The van der Waals surface area contributed by atoms with E-state index in [4.69, 9.17) is 19.4 Å². The lowest BCUT2D eigenvalue weighted by molar-refractivity contribution is 0.242. The van der Waals surface area contributed by atoms with Gasteiger partial charge in [0.15, 0.2) is 5.82 Å². The van der Waals surface area contributed by atoms with Crippen LogP contribution in [0.25, 0.3) is 22.3 Å². The zero-order valence-corrected chi connectivity index (χ0v) is 16.7. The molecule has 29 heavy (non-hydrogen) atoms. The minimum Gasteiger partial charge on any atom is -0.497 e. The number of hydrogen-bond acceptors (Lipinski definition) is 5. The van der Waals surface area contributed by atoms with Gasteiger partial charge in [-0.1, -0.05) is 12.1 Å². The molecule has 146 valence electrons. The number of ether oxygens (including phenoxy) is 2. The second-order valence-electron chi connectivity index (χ2n) is 6.96. The number of aromatic nitrogens is 2. The second-order valence-corrected chi connectivity index (χ2v) is 6.96. The molecule has 0 saturated heterocycles. The molecule has 0 radical (unpaired) electrons. The van der Waals surface area contributed by atoms with E-state index in [0.717, 1.165) is 39.5 Å². The molecule has 1 N–H and O–H groups in total. The fourth-order valence-corrected chi connectivity index (χ4v) is 3.07. The highest BCUT2D eigenvalue weighted by atomic mass is 16.5. The predicted octanol–water partition coefficient (Wildman–Crippen LogP) is 5.84. The highest BCUT2D eigenvalue weighted by Gasteiger charge is 2.10. The highest BCUT2D eigenvalue weighted by molar-refractivity contribution is 5.92. The molecule has 0 spiro atoms. The third kappa shape index (κ3) is 4.29. The third-order valence-corrected chi connectivity index (χ3v) is 4.44. The van der Waals surface area contributed by atoms with E-state index in [1.54, 1.807) is 7.11 Å². The fraction of sp³-hybridized carbons (Fsp3) is 0.167. The highest BCUT2D eigenvalue weighted by Crippen LogP contribution is 2.28. The summed E-state index contributed by atoms with van der Waals surface area (Å²) >= 11 is 0. The Bertz CT molecular complexity index is 1110. The smallest absolute Gasteiger partial charge is 0.162 e. The standard InChI is InChI=1S/C24H23N3O2/c1-16(2)29-20-12-8-17(9-13-20)23-26-22-7-5-4-6-21(22)24(27-23)25-18-10-14-19(28-3)15-11-18/h4-16H,1-3H3,(H,25,26,27). The van der Waals surface area contributed by atoms with E-state index in [1.807, 2.05) is 86.6 Å². The Morgan fingerprint density at radius 1 is 0.793 bits per heavy atom. The average molecular weight is 385 g/mol. The van der Waals surface area contributed by atoms with Crippen molar-refractivity contribution in [2.24, 2.45) is 0 Å². The molecular formula is C24H23N3O2. The minimum absolute atomic E-state index is 0.137. The van der Waals surface area contributed by atoms with E-state index in [9.17, 15) is 0 Å². The van der Waals surface area contributed by atoms with Crippen LogP contribution in [0.2, 0.25) is 0 Å². The van der Waals surface area contributed by atoms with Gasteiger partial charge in [-0.2, -0.15) is 0 Å². The number of hydrogen-bond donors (Lipinski definition) is 1. The van der Waals surface area contributed by atoms with Gasteiger partial charge in [0.25, 0.3) is 0 Å². The summed E-state index contributed by atoms with van der Waals surface area (Å²) in [6, 6.07) is 23.6. The topological polar surface area (TPSA) is 56.3 Å². The molecule has 0 aliphatic heterocycles. The molecule has 5 heteroatoms. The van der Waals surface area contributed by atoms with Crippen LogP contribution in [0.4, 0.5) is 11.5 Å². The minimum atomic E-state index is 0.137. The number of nitrogens with zero attached hydrogens (tertiary/aromatic N) is 2. The molecule has 4 rings (SSSR count). The molecule has 0 bridgehead atoms. The third-order valence-electron chi connectivity index (χ3n) is 4.44. The predicted molar refractivity (Wildman–Crippen MR) is 117 cm³/mol. The molecule has 0 amide bonds. The van der Waals surface area contributed by atoms with Crippen molar-refractivity contribution in [3.8, 4) is 22.9 Å². The van der Waals surface area contributed by atoms with Crippen molar-refractivity contribution in [1.29, 1.82) is 0 Å². The molecule has 0 aliphatic carbocycles. The van der Waals surface area contributed by atoms with Crippen molar-refractivity contribution in [2.45, 2.75) is 20.0 Å². The van der Waals surface area contributed by atoms with Crippen LogP contribution in [-0.4, -0.2) is 23.2 Å². The maximum atomic E-state index is 5.73. The van der Waals surface area contributed by atoms with Crippen LogP contribution >= 0.6 is 0 Å². The quantitative estimate of drug-likeness (QED) is 0.452. The van der Waals surface area contributed by atoms with E-state index in [0.29, 0.717) is 5.82 Å². The summed E-state index contributed by atoms with van der Waals surface area (Å²) < 4.78 is 11.0. The van der Waals surface area contributed by atoms with Crippen LogP contribution in [0.3, 0.4) is 0 Å². The lowest BCUT2D eigenvalue weighted by Crippen LogP contribution is -2.05. The van der Waals surface area contributed by atoms with Gasteiger partial charge in [0.1, 0.15) is 17.3 Å². The summed E-state index contributed by atoms with van der Waals surface area (Å²) in [4.78, 5) is 9.56. The van der Waals surface area contributed by atoms with Gasteiger partial charge in [-0.15, -0.1) is 0 Å². The van der Waals surface area contributed by atoms with Crippen LogP contribution < -0.4 is 14.8 Å². The van der Waals surface area contributed by atoms with Gasteiger partial charge in [-0.3, -0.25) is 0 Å². The summed E-state index contributed by atoms with van der Waals surface area (Å²) in [7, 11) is 1.66. The van der Waals surface area contributed by atoms with Gasteiger partial charge in [0.05, 0.1) is 18.7 Å². The molecule has 0 unspecified atom stereocenters. The van der Waals surface area contributed by atoms with Gasteiger partial charge < -0.3 is 14.8 Å². The number of anilines is 2. The van der Waals surface area contributed by atoms with E-state index in [1.165, 1.54) is 0 Å². The molecule has 5 nitrogen and oxygen atoms in total. The molecule has 0 fully saturated rings. The van der Waals surface area contributed by atoms with Crippen LogP contribution in [0.1, 0.15) is 13.8 Å². The van der Waals surface area contributed by atoms with Gasteiger partial charge in [0.2, 0.25) is 0 Å². The van der Waals surface area contributed by atoms with Crippen molar-refractivity contribution in [1.82, 2.24) is 9.97 Å². The van der Waals surface area contributed by atoms with Crippen molar-refractivity contribution >= 4 is 22.4 Å². The summed E-state index contributed by atoms with van der Waals surface area (Å²) in [5, 5.41) is 4.38. The van der Waals surface area contributed by atoms with E-state index in [-0.39, 0.29) is 6.10 Å². The fourth-order valence-electron chi connectivity index (χ4n) is 3.07. The lowest BCUT2D eigenvalue weighted by atomic mass is 10.1. The first-order valence-corrected chi connectivity index (χ1v) is 9.57. The van der Waals surface area contributed by atoms with Crippen molar-refractivity contribution in [3.05, 3.63) is 72.8 Å². The first-order valence-electron chi connectivity index (χ1n) is 9.57. The Morgan fingerprint density at radius 3 is 2.17 bits per heavy atom. The lowest BCUT2D eigenvalue weighted by Gasteiger charge is -2.12. The Kier molecular flexibility index (Phi) is 5.29. The largest absolute Gasteiger partial charge is 0.497 e. The first kappa shape index (κ1) is 18.7. The Hall–Kier alpha value is -3.60. The number of nitrogens with one attached hydrogen (secondary N) is 1. The second kappa shape index (κ2) is 8.19. The summed E-state index contributed by atoms with van der Waals surface area (Å²) in [6.45, 7) is 4.02. The van der Waals surface area contributed by atoms with Gasteiger partial charge in [-0.05, 0) is 74.5 Å². The summed E-state index contributed by atoms with van der Waals surface area (Å²) in [6.07, 6.45) is 0.137. The van der Waals surface area contributed by atoms with Gasteiger partial charge in [-0.25, -0.2) is 9.97 Å². The first-order chi connectivity index (χ1) is 14.1. The maximum Gasteiger partial charge on any atom is 0.162 e. The van der Waals surface area contributed by atoms with Crippen LogP contribution in [-0.2, 0) is 0 Å². The zero-order chi connectivity index (χ0) is 20.2. The number of fused-ring (bicyclic) bond motifs is 1. The summed E-state index contributed by atoms with van der Waals surface area (Å²) in [5.41, 5.74) is 2.75. The Labute approximate surface area is 170 Å². The maximum absolute atomic E-state index is 5.73. The normalized spacial score (nSPS) is 10.9. The van der Waals surface area contributed by atoms with Crippen molar-refractivity contribution < 1.29 is 9.47 Å². The van der Waals surface area contributed by atoms with E-state index < -0.39 is 0 Å². The van der Waals surface area contributed by atoms with Crippen LogP contribution in [0, 0.1) is 0 Å². The van der Waals surface area contributed by atoms with Crippen molar-refractivity contribution in [3.63, 3.8) is 0 Å². The molecular weight excluding hydrogens is 362 g/mol. The van der Waals surface area contributed by atoms with Gasteiger partial charge in [0, 0.05) is 16.6 Å². The van der Waals surface area contributed by atoms with Gasteiger partial charge >= 0.3 is 0 Å². The number of para-hydroxylation sites is 1. The number of rotatable bonds is 6. The molecule has 1 aromatic heterocycles. The van der Waals surface area contributed by atoms with Crippen LogP contribution in [0.5, 0.6) is 11.5 Å². The Morgan fingerprint density at radius 2 is 1.48 bits per heavy atom. The SMILES string of the molecule is COc1ccc(Nc2nc(-c3ccc(OC(C)C)cc3)nc3ccccc23)cc1. The number of methoxy groups -OCH3 is 1. The average Bonchev–Trinajstić information content (AvgIpc) is 2.74.